The number of piperidine rings is 1. The summed E-state index contributed by atoms with van der Waals surface area (Å²) in [6, 6.07) is 5.90. The SMILES string of the molecule is Cc1c(N)cccc1N1CCCC(C(N)=O)C1. The molecule has 17 heavy (non-hydrogen) atoms. The molecule has 1 atom stereocenters. The standard InChI is InChI=1S/C13H19N3O/c1-9-11(14)5-2-6-12(9)16-7-3-4-10(8-16)13(15)17/h2,5-6,10H,3-4,7-8,14H2,1H3,(H2,15,17). The van der Waals surface area contributed by atoms with Crippen LogP contribution in [0.4, 0.5) is 11.4 Å². The molecule has 0 aromatic heterocycles. The summed E-state index contributed by atoms with van der Waals surface area (Å²) in [4.78, 5) is 13.5. The summed E-state index contributed by atoms with van der Waals surface area (Å²) >= 11 is 0. The minimum absolute atomic E-state index is 0.0374. The molecule has 1 aliphatic heterocycles. The molecule has 0 bridgehead atoms. The van der Waals surface area contributed by atoms with Gasteiger partial charge in [0, 0.05) is 24.5 Å². The van der Waals surface area contributed by atoms with E-state index in [2.05, 4.69) is 11.0 Å². The van der Waals surface area contributed by atoms with Crippen LogP contribution in [0.15, 0.2) is 18.2 Å². The minimum Gasteiger partial charge on any atom is -0.398 e. The number of benzene rings is 1. The number of anilines is 2. The molecule has 1 saturated heterocycles. The van der Waals surface area contributed by atoms with Crippen molar-refractivity contribution < 1.29 is 4.79 Å². The number of nitrogen functional groups attached to an aromatic ring is 1. The Labute approximate surface area is 102 Å². The van der Waals surface area contributed by atoms with E-state index in [-0.39, 0.29) is 11.8 Å². The van der Waals surface area contributed by atoms with Crippen molar-refractivity contribution in [1.29, 1.82) is 0 Å². The Hall–Kier alpha value is -1.71. The van der Waals surface area contributed by atoms with Gasteiger partial charge in [-0.2, -0.15) is 0 Å². The summed E-state index contributed by atoms with van der Waals surface area (Å²) < 4.78 is 0. The van der Waals surface area contributed by atoms with Gasteiger partial charge in [-0.3, -0.25) is 4.79 Å². The van der Waals surface area contributed by atoms with Crippen LogP contribution in [0.5, 0.6) is 0 Å². The molecular formula is C13H19N3O. The summed E-state index contributed by atoms with van der Waals surface area (Å²) in [5.74, 6) is -0.235. The molecule has 1 aromatic rings. The summed E-state index contributed by atoms with van der Waals surface area (Å²) in [6.45, 7) is 3.69. The molecule has 92 valence electrons. The fourth-order valence-corrected chi connectivity index (χ4v) is 2.41. The van der Waals surface area contributed by atoms with Crippen molar-refractivity contribution in [2.45, 2.75) is 19.8 Å². The third-order valence-corrected chi connectivity index (χ3v) is 3.51. The van der Waals surface area contributed by atoms with Crippen molar-refractivity contribution in [3.8, 4) is 0 Å². The zero-order chi connectivity index (χ0) is 12.4. The van der Waals surface area contributed by atoms with Gasteiger partial charge >= 0.3 is 0 Å². The average Bonchev–Trinajstić information content (AvgIpc) is 2.33. The highest BCUT2D eigenvalue weighted by Gasteiger charge is 2.24. The second-order valence-corrected chi connectivity index (χ2v) is 4.68. The van der Waals surface area contributed by atoms with Gasteiger partial charge in [-0.25, -0.2) is 0 Å². The Bertz CT molecular complexity index is 431. The average molecular weight is 233 g/mol. The van der Waals surface area contributed by atoms with Crippen molar-refractivity contribution in [1.82, 2.24) is 0 Å². The first kappa shape index (κ1) is 11.8. The van der Waals surface area contributed by atoms with Crippen LogP contribution in [-0.2, 0) is 4.79 Å². The molecule has 0 aliphatic carbocycles. The highest BCUT2D eigenvalue weighted by Crippen LogP contribution is 2.28. The first-order chi connectivity index (χ1) is 8.09. The van der Waals surface area contributed by atoms with E-state index in [1.807, 2.05) is 19.1 Å². The second kappa shape index (κ2) is 4.65. The number of nitrogens with two attached hydrogens (primary N) is 2. The van der Waals surface area contributed by atoms with E-state index in [0.717, 1.165) is 36.3 Å². The van der Waals surface area contributed by atoms with Gasteiger partial charge in [0.05, 0.1) is 5.92 Å². The lowest BCUT2D eigenvalue weighted by atomic mass is 9.96. The lowest BCUT2D eigenvalue weighted by Crippen LogP contribution is -2.41. The van der Waals surface area contributed by atoms with E-state index in [0.29, 0.717) is 6.54 Å². The van der Waals surface area contributed by atoms with E-state index >= 15 is 0 Å². The number of hydrogen-bond acceptors (Lipinski definition) is 3. The van der Waals surface area contributed by atoms with Gasteiger partial charge in [-0.15, -0.1) is 0 Å². The Balaban J connectivity index is 2.22. The third kappa shape index (κ3) is 2.35. The number of nitrogens with zero attached hydrogens (tertiary/aromatic N) is 1. The van der Waals surface area contributed by atoms with Gasteiger partial charge in [-0.05, 0) is 37.5 Å². The molecule has 1 heterocycles. The van der Waals surface area contributed by atoms with E-state index in [9.17, 15) is 4.79 Å². The first-order valence-electron chi connectivity index (χ1n) is 5.99. The maximum Gasteiger partial charge on any atom is 0.222 e. The van der Waals surface area contributed by atoms with Gasteiger partial charge in [-0.1, -0.05) is 6.07 Å². The summed E-state index contributed by atoms with van der Waals surface area (Å²) in [6.07, 6.45) is 1.90. The van der Waals surface area contributed by atoms with Crippen LogP contribution < -0.4 is 16.4 Å². The highest BCUT2D eigenvalue weighted by molar-refractivity contribution is 5.78. The molecule has 2 rings (SSSR count). The van der Waals surface area contributed by atoms with Crippen LogP contribution in [0.3, 0.4) is 0 Å². The van der Waals surface area contributed by atoms with E-state index in [1.165, 1.54) is 0 Å². The smallest absolute Gasteiger partial charge is 0.222 e. The molecule has 4 nitrogen and oxygen atoms in total. The van der Waals surface area contributed by atoms with Gasteiger partial charge in [0.25, 0.3) is 0 Å². The highest BCUT2D eigenvalue weighted by atomic mass is 16.1. The molecule has 0 spiro atoms. The topological polar surface area (TPSA) is 72.3 Å². The fraction of sp³-hybridized carbons (Fsp3) is 0.462. The van der Waals surface area contributed by atoms with Crippen LogP contribution >= 0.6 is 0 Å². The number of rotatable bonds is 2. The van der Waals surface area contributed by atoms with E-state index < -0.39 is 0 Å². The maximum absolute atomic E-state index is 11.3. The Kier molecular flexibility index (Phi) is 3.22. The van der Waals surface area contributed by atoms with E-state index in [4.69, 9.17) is 11.5 Å². The quantitative estimate of drug-likeness (QED) is 0.756. The predicted octanol–water partition coefficient (Wildman–Crippen LogP) is 1.28. The minimum atomic E-state index is -0.198. The molecule has 4 heteroatoms. The molecule has 0 radical (unpaired) electrons. The number of primary amides is 1. The van der Waals surface area contributed by atoms with Crippen molar-refractivity contribution in [2.75, 3.05) is 23.7 Å². The number of carbonyl (C=O) groups excluding carboxylic acids is 1. The van der Waals surface area contributed by atoms with Crippen molar-refractivity contribution in [3.63, 3.8) is 0 Å². The maximum atomic E-state index is 11.3. The van der Waals surface area contributed by atoms with Gasteiger partial charge in [0.15, 0.2) is 0 Å². The molecule has 1 unspecified atom stereocenters. The van der Waals surface area contributed by atoms with Gasteiger partial charge in [0.1, 0.15) is 0 Å². The van der Waals surface area contributed by atoms with Crippen molar-refractivity contribution >= 4 is 17.3 Å². The number of amides is 1. The van der Waals surface area contributed by atoms with Crippen LogP contribution in [0.1, 0.15) is 18.4 Å². The monoisotopic (exact) mass is 233 g/mol. The molecule has 1 fully saturated rings. The first-order valence-corrected chi connectivity index (χ1v) is 5.99. The van der Waals surface area contributed by atoms with Crippen LogP contribution in [-0.4, -0.2) is 19.0 Å². The summed E-state index contributed by atoms with van der Waals surface area (Å²) in [5.41, 5.74) is 14.3. The zero-order valence-electron chi connectivity index (χ0n) is 10.1. The van der Waals surface area contributed by atoms with Crippen LogP contribution in [0.25, 0.3) is 0 Å². The predicted molar refractivity (Wildman–Crippen MR) is 69.7 cm³/mol. The Morgan fingerprint density at radius 3 is 2.94 bits per heavy atom. The summed E-state index contributed by atoms with van der Waals surface area (Å²) in [5, 5.41) is 0. The third-order valence-electron chi connectivity index (χ3n) is 3.51. The van der Waals surface area contributed by atoms with Crippen molar-refractivity contribution in [2.24, 2.45) is 11.7 Å². The Morgan fingerprint density at radius 2 is 2.24 bits per heavy atom. The molecule has 4 N–H and O–H groups in total. The summed E-state index contributed by atoms with van der Waals surface area (Å²) in [7, 11) is 0. The molecular weight excluding hydrogens is 214 g/mol. The zero-order valence-corrected chi connectivity index (χ0v) is 10.1. The molecule has 1 aromatic carbocycles. The van der Waals surface area contributed by atoms with Crippen LogP contribution in [0, 0.1) is 12.8 Å². The van der Waals surface area contributed by atoms with Gasteiger partial charge < -0.3 is 16.4 Å². The number of hydrogen-bond donors (Lipinski definition) is 2. The van der Waals surface area contributed by atoms with Crippen molar-refractivity contribution in [3.05, 3.63) is 23.8 Å². The Morgan fingerprint density at radius 1 is 1.47 bits per heavy atom. The molecule has 1 amide bonds. The lowest BCUT2D eigenvalue weighted by Gasteiger charge is -2.34. The normalized spacial score (nSPS) is 20.3. The van der Waals surface area contributed by atoms with Gasteiger partial charge in [0.2, 0.25) is 5.91 Å². The second-order valence-electron chi connectivity index (χ2n) is 4.68. The molecule has 1 aliphatic rings. The largest absolute Gasteiger partial charge is 0.398 e. The van der Waals surface area contributed by atoms with Crippen LogP contribution in [0.2, 0.25) is 0 Å². The lowest BCUT2D eigenvalue weighted by molar-refractivity contribution is -0.122. The fourth-order valence-electron chi connectivity index (χ4n) is 2.41. The van der Waals surface area contributed by atoms with E-state index in [1.54, 1.807) is 0 Å². The molecule has 0 saturated carbocycles. The number of carbonyl (C=O) groups is 1.